The summed E-state index contributed by atoms with van der Waals surface area (Å²) in [6.45, 7) is 3.24. The van der Waals surface area contributed by atoms with Gasteiger partial charge in [0.25, 0.3) is 5.69 Å². The molecule has 3 N–H and O–H groups in total. The SMILES string of the molecule is CCC(Oc1cc([N+](=O)[O-])c(C(C)N)cc1OC)C(=O)O. The van der Waals surface area contributed by atoms with E-state index in [1.165, 1.54) is 13.2 Å². The largest absolute Gasteiger partial charge is 0.493 e. The Bertz CT molecular complexity index is 544. The minimum Gasteiger partial charge on any atom is -0.493 e. The van der Waals surface area contributed by atoms with Crippen LogP contribution in [0.15, 0.2) is 12.1 Å². The standard InChI is InChI=1S/C13H18N2O6/c1-4-10(13(16)17)21-12-6-9(15(18)19)8(7(2)14)5-11(12)20-3/h5-7,10H,4,14H2,1-3H3,(H,16,17). The molecule has 21 heavy (non-hydrogen) atoms. The first-order valence-electron chi connectivity index (χ1n) is 6.33. The number of nitro benzene ring substituents is 1. The van der Waals surface area contributed by atoms with E-state index in [1.807, 2.05) is 0 Å². The molecule has 8 heteroatoms. The van der Waals surface area contributed by atoms with Crippen molar-refractivity contribution in [3.8, 4) is 11.5 Å². The van der Waals surface area contributed by atoms with E-state index >= 15 is 0 Å². The van der Waals surface area contributed by atoms with E-state index < -0.39 is 23.0 Å². The van der Waals surface area contributed by atoms with Crippen molar-refractivity contribution >= 4 is 11.7 Å². The molecule has 0 heterocycles. The lowest BCUT2D eigenvalue weighted by atomic mass is 10.1. The number of carbonyl (C=O) groups is 1. The Labute approximate surface area is 121 Å². The molecule has 0 aromatic heterocycles. The number of hydrogen-bond donors (Lipinski definition) is 2. The summed E-state index contributed by atoms with van der Waals surface area (Å²) in [4.78, 5) is 21.5. The van der Waals surface area contributed by atoms with E-state index in [0.717, 1.165) is 6.07 Å². The zero-order valence-corrected chi connectivity index (χ0v) is 12.0. The van der Waals surface area contributed by atoms with E-state index in [4.69, 9.17) is 20.3 Å². The van der Waals surface area contributed by atoms with Crippen LogP contribution in [0.2, 0.25) is 0 Å². The van der Waals surface area contributed by atoms with Crippen LogP contribution in [0, 0.1) is 10.1 Å². The van der Waals surface area contributed by atoms with Crippen LogP contribution in [0.4, 0.5) is 5.69 Å². The van der Waals surface area contributed by atoms with Crippen molar-refractivity contribution in [3.05, 3.63) is 27.8 Å². The third kappa shape index (κ3) is 3.82. The van der Waals surface area contributed by atoms with E-state index in [9.17, 15) is 14.9 Å². The normalized spacial score (nSPS) is 13.3. The van der Waals surface area contributed by atoms with Gasteiger partial charge in [-0.1, -0.05) is 6.92 Å². The second-order valence-electron chi connectivity index (χ2n) is 4.46. The number of nitrogens with zero attached hydrogens (tertiary/aromatic N) is 1. The summed E-state index contributed by atoms with van der Waals surface area (Å²) in [5, 5.41) is 20.1. The Kier molecular flexibility index (Phi) is 5.48. The van der Waals surface area contributed by atoms with Gasteiger partial charge in [-0.2, -0.15) is 0 Å². The van der Waals surface area contributed by atoms with Crippen LogP contribution in [0.3, 0.4) is 0 Å². The van der Waals surface area contributed by atoms with Crippen LogP contribution in [0.5, 0.6) is 11.5 Å². The summed E-state index contributed by atoms with van der Waals surface area (Å²) >= 11 is 0. The summed E-state index contributed by atoms with van der Waals surface area (Å²) in [7, 11) is 1.36. The van der Waals surface area contributed by atoms with Crippen LogP contribution in [0.25, 0.3) is 0 Å². The molecule has 8 nitrogen and oxygen atoms in total. The zero-order valence-electron chi connectivity index (χ0n) is 12.0. The lowest BCUT2D eigenvalue weighted by Crippen LogP contribution is -2.26. The highest BCUT2D eigenvalue weighted by Crippen LogP contribution is 2.37. The number of carboxylic acids is 1. The first-order valence-corrected chi connectivity index (χ1v) is 6.33. The van der Waals surface area contributed by atoms with Crippen molar-refractivity contribution in [1.82, 2.24) is 0 Å². The van der Waals surface area contributed by atoms with Crippen LogP contribution in [-0.2, 0) is 4.79 Å². The summed E-state index contributed by atoms with van der Waals surface area (Å²) in [5.41, 5.74) is 5.76. The Morgan fingerprint density at radius 3 is 2.48 bits per heavy atom. The molecule has 0 saturated carbocycles. The van der Waals surface area contributed by atoms with E-state index in [0.29, 0.717) is 0 Å². The molecule has 116 valence electrons. The smallest absolute Gasteiger partial charge is 0.344 e. The molecule has 2 unspecified atom stereocenters. The van der Waals surface area contributed by atoms with Gasteiger partial charge in [-0.3, -0.25) is 10.1 Å². The van der Waals surface area contributed by atoms with Gasteiger partial charge in [-0.25, -0.2) is 4.79 Å². The molecule has 0 spiro atoms. The van der Waals surface area contributed by atoms with Crippen LogP contribution in [0.1, 0.15) is 31.9 Å². The lowest BCUT2D eigenvalue weighted by Gasteiger charge is -2.17. The molecule has 0 fully saturated rings. The fraction of sp³-hybridized carbons (Fsp3) is 0.462. The Balaban J connectivity index is 3.34. The average Bonchev–Trinajstić information content (AvgIpc) is 2.43. The number of carboxylic acid groups (broad SMARTS) is 1. The summed E-state index contributed by atoms with van der Waals surface area (Å²) in [6.07, 6.45) is -0.902. The van der Waals surface area contributed by atoms with Crippen LogP contribution in [-0.4, -0.2) is 29.2 Å². The number of hydrogen-bond acceptors (Lipinski definition) is 6. The van der Waals surface area contributed by atoms with Gasteiger partial charge in [0.05, 0.1) is 23.7 Å². The molecule has 0 aliphatic heterocycles. The van der Waals surface area contributed by atoms with Gasteiger partial charge < -0.3 is 20.3 Å². The first kappa shape index (κ1) is 16.7. The number of benzene rings is 1. The predicted octanol–water partition coefficient (Wildman–Crippen LogP) is 1.87. The highest BCUT2D eigenvalue weighted by Gasteiger charge is 2.25. The van der Waals surface area contributed by atoms with Gasteiger partial charge in [0.15, 0.2) is 17.6 Å². The molecule has 0 aliphatic carbocycles. The monoisotopic (exact) mass is 298 g/mol. The molecule has 1 rings (SSSR count). The van der Waals surface area contributed by atoms with Crippen molar-refractivity contribution in [1.29, 1.82) is 0 Å². The number of ether oxygens (including phenoxy) is 2. The van der Waals surface area contributed by atoms with Gasteiger partial charge >= 0.3 is 5.97 Å². The number of methoxy groups -OCH3 is 1. The number of rotatable bonds is 7. The highest BCUT2D eigenvalue weighted by atomic mass is 16.6. The van der Waals surface area contributed by atoms with Crippen molar-refractivity contribution < 1.29 is 24.3 Å². The predicted molar refractivity (Wildman–Crippen MR) is 74.6 cm³/mol. The lowest BCUT2D eigenvalue weighted by molar-refractivity contribution is -0.385. The van der Waals surface area contributed by atoms with E-state index in [1.54, 1.807) is 13.8 Å². The van der Waals surface area contributed by atoms with Gasteiger partial charge in [0.2, 0.25) is 0 Å². The third-order valence-corrected chi connectivity index (χ3v) is 2.92. The number of nitro groups is 1. The Morgan fingerprint density at radius 1 is 1.48 bits per heavy atom. The van der Waals surface area contributed by atoms with E-state index in [2.05, 4.69) is 0 Å². The number of nitrogens with two attached hydrogens (primary N) is 1. The summed E-state index contributed by atoms with van der Waals surface area (Å²) < 4.78 is 10.4. The van der Waals surface area contributed by atoms with E-state index in [-0.39, 0.29) is 29.2 Å². The quantitative estimate of drug-likeness (QED) is 0.581. The second kappa shape index (κ2) is 6.89. The fourth-order valence-corrected chi connectivity index (χ4v) is 1.80. The zero-order chi connectivity index (χ0) is 16.2. The average molecular weight is 298 g/mol. The van der Waals surface area contributed by atoms with Crippen molar-refractivity contribution in [2.24, 2.45) is 5.73 Å². The highest BCUT2D eigenvalue weighted by molar-refractivity contribution is 5.73. The molecule has 0 aliphatic rings. The number of aliphatic carboxylic acids is 1. The molecular weight excluding hydrogens is 280 g/mol. The van der Waals surface area contributed by atoms with Crippen LogP contribution < -0.4 is 15.2 Å². The molecule has 1 aromatic rings. The fourth-order valence-electron chi connectivity index (χ4n) is 1.80. The maximum absolute atomic E-state index is 11.1. The molecule has 0 radical (unpaired) electrons. The molecule has 0 amide bonds. The summed E-state index contributed by atoms with van der Waals surface area (Å²) in [6, 6.07) is 1.96. The molecular formula is C13H18N2O6. The second-order valence-corrected chi connectivity index (χ2v) is 4.46. The van der Waals surface area contributed by atoms with Crippen molar-refractivity contribution in [2.75, 3.05) is 7.11 Å². The minimum atomic E-state index is -1.15. The summed E-state index contributed by atoms with van der Waals surface area (Å²) in [5.74, 6) is -0.950. The van der Waals surface area contributed by atoms with Gasteiger partial charge in [-0.15, -0.1) is 0 Å². The van der Waals surface area contributed by atoms with Crippen molar-refractivity contribution in [3.63, 3.8) is 0 Å². The molecule has 0 bridgehead atoms. The maximum Gasteiger partial charge on any atom is 0.344 e. The van der Waals surface area contributed by atoms with Crippen molar-refractivity contribution in [2.45, 2.75) is 32.4 Å². The Hall–Kier alpha value is -2.35. The third-order valence-electron chi connectivity index (χ3n) is 2.92. The van der Waals surface area contributed by atoms with Crippen LogP contribution >= 0.6 is 0 Å². The molecule has 0 saturated heterocycles. The Morgan fingerprint density at radius 2 is 2.10 bits per heavy atom. The van der Waals surface area contributed by atoms with Gasteiger partial charge in [0, 0.05) is 6.04 Å². The van der Waals surface area contributed by atoms with Gasteiger partial charge in [-0.05, 0) is 19.4 Å². The topological polar surface area (TPSA) is 125 Å². The maximum atomic E-state index is 11.1. The van der Waals surface area contributed by atoms with Gasteiger partial charge in [0.1, 0.15) is 0 Å². The first-order chi connectivity index (χ1) is 9.81. The minimum absolute atomic E-state index is 0.00264. The molecule has 2 atom stereocenters. The molecule has 1 aromatic carbocycles.